The molecule has 12 rings (SSSR count). The summed E-state index contributed by atoms with van der Waals surface area (Å²) in [5.74, 6) is 0.729. The molecule has 0 N–H and O–H groups in total. The normalized spacial score (nSPS) is 11.3. The first-order chi connectivity index (χ1) is 35.9. The zero-order chi connectivity index (χ0) is 49.4. The van der Waals surface area contributed by atoms with Crippen molar-refractivity contribution in [2.24, 2.45) is 0 Å². The first kappa shape index (κ1) is 44.9. The molecule has 0 atom stereocenters. The number of hydrogen-bond acceptors (Lipinski definition) is 4. The molecule has 0 saturated carbocycles. The summed E-state index contributed by atoms with van der Waals surface area (Å²) in [5, 5.41) is 2.34. The lowest BCUT2D eigenvalue weighted by atomic mass is 9.95. The van der Waals surface area contributed by atoms with Gasteiger partial charge in [0, 0.05) is 67.3 Å². The number of para-hydroxylation sites is 4. The average molecular weight is 940 g/mol. The van der Waals surface area contributed by atoms with E-state index >= 15 is 0 Å². The van der Waals surface area contributed by atoms with Gasteiger partial charge < -0.3 is 14.4 Å². The predicted octanol–water partition coefficient (Wildman–Crippen LogP) is 18.4. The van der Waals surface area contributed by atoms with Crippen molar-refractivity contribution < 1.29 is 0 Å². The second-order valence-electron chi connectivity index (χ2n) is 18.9. The fraction of sp³-hybridized carbons (Fsp3) is 0.0588. The first-order valence-electron chi connectivity index (χ1n) is 25.0. The van der Waals surface area contributed by atoms with Gasteiger partial charge in [0.2, 0.25) is 0 Å². The fourth-order valence-corrected chi connectivity index (χ4v) is 10.5. The van der Waals surface area contributed by atoms with Crippen LogP contribution in [0.3, 0.4) is 0 Å². The number of benzene rings is 10. The zero-order valence-corrected chi connectivity index (χ0v) is 41.4. The van der Waals surface area contributed by atoms with Crippen molar-refractivity contribution in [2.45, 2.75) is 27.7 Å². The zero-order valence-electron chi connectivity index (χ0n) is 41.4. The monoisotopic (exact) mass is 939 g/mol. The van der Waals surface area contributed by atoms with E-state index in [1.54, 1.807) is 0 Å². The van der Waals surface area contributed by atoms with Crippen LogP contribution in [0.1, 0.15) is 22.3 Å². The lowest BCUT2D eigenvalue weighted by Gasteiger charge is -2.26. The van der Waals surface area contributed by atoms with Gasteiger partial charge in [0.05, 0.1) is 22.4 Å². The van der Waals surface area contributed by atoms with Crippen LogP contribution in [0.4, 0.5) is 34.1 Å². The van der Waals surface area contributed by atoms with Gasteiger partial charge in [-0.05, 0) is 164 Å². The Labute approximate surface area is 427 Å². The molecule has 0 aliphatic carbocycles. The lowest BCUT2D eigenvalue weighted by Crippen LogP contribution is -2.09. The summed E-state index contributed by atoms with van der Waals surface area (Å²) < 4.78 is 2.46. The molecule has 350 valence electrons. The lowest BCUT2D eigenvalue weighted by molar-refractivity contribution is 1.14. The van der Waals surface area contributed by atoms with Crippen molar-refractivity contribution in [2.75, 3.05) is 9.80 Å². The Morgan fingerprint density at radius 2 is 0.726 bits per heavy atom. The third-order valence-electron chi connectivity index (χ3n) is 14.1. The number of rotatable bonds is 11. The number of anilines is 6. The largest absolute Gasteiger partial charge is 0.310 e. The van der Waals surface area contributed by atoms with Gasteiger partial charge in [-0.25, -0.2) is 9.97 Å². The highest BCUT2D eigenvalue weighted by atomic mass is 15.1. The molecule has 12 aromatic rings. The van der Waals surface area contributed by atoms with Crippen LogP contribution in [-0.4, -0.2) is 14.5 Å². The average Bonchev–Trinajstić information content (AvgIpc) is 3.76. The standard InChI is InChI=1S/C68H53N5/c1-46-21-17-19-31-58(46)64-45-63(69-68(70-64)59-32-20-18-22-47(59)2)51-35-33-50(34-36-51)60-41-49(4)67(42-48(60)3)73-65-39-37-56(71(52-23-9-5-10-24-52)53-25-11-6-12-26-53)43-61(65)62-44-57(38-40-66(62)73)72(54-27-13-7-14-28-54)55-29-15-8-16-30-55/h5-45H,1-4H3. The minimum atomic E-state index is 0.729. The Balaban J connectivity index is 0.984. The molecule has 0 amide bonds. The Bertz CT molecular complexity index is 3660. The molecule has 5 heteroatoms. The Morgan fingerprint density at radius 3 is 1.21 bits per heavy atom. The second-order valence-corrected chi connectivity index (χ2v) is 18.9. The van der Waals surface area contributed by atoms with E-state index in [0.717, 1.165) is 95.9 Å². The highest BCUT2D eigenvalue weighted by Crippen LogP contribution is 2.44. The maximum absolute atomic E-state index is 5.19. The van der Waals surface area contributed by atoms with E-state index in [9.17, 15) is 0 Å². The Morgan fingerprint density at radius 1 is 0.301 bits per heavy atom. The van der Waals surface area contributed by atoms with Gasteiger partial charge in [-0.1, -0.05) is 146 Å². The Hall–Kier alpha value is -9.32. The Kier molecular flexibility index (Phi) is 11.7. The van der Waals surface area contributed by atoms with Crippen LogP contribution in [-0.2, 0) is 0 Å². The van der Waals surface area contributed by atoms with Crippen LogP contribution in [0.25, 0.3) is 72.5 Å². The van der Waals surface area contributed by atoms with Gasteiger partial charge in [0.25, 0.3) is 0 Å². The van der Waals surface area contributed by atoms with Crippen LogP contribution in [0.2, 0.25) is 0 Å². The SMILES string of the molecule is Cc1cc(-n2c3ccc(N(c4ccccc4)c4ccccc4)cc3c3cc(N(c4ccccc4)c4ccccc4)ccc32)c(C)cc1-c1ccc(-c2cc(-c3ccccc3C)nc(-c3ccccc3C)n2)cc1. The molecule has 73 heavy (non-hydrogen) atoms. The number of aromatic nitrogens is 3. The van der Waals surface area contributed by atoms with Gasteiger partial charge in [-0.3, -0.25) is 0 Å². The van der Waals surface area contributed by atoms with Gasteiger partial charge in [0.15, 0.2) is 5.82 Å². The number of aryl methyl sites for hydroxylation is 4. The number of hydrogen-bond donors (Lipinski definition) is 0. The summed E-state index contributed by atoms with van der Waals surface area (Å²) >= 11 is 0. The quantitative estimate of drug-likeness (QED) is 0.129. The van der Waals surface area contributed by atoms with E-state index in [1.807, 2.05) is 0 Å². The van der Waals surface area contributed by atoms with Crippen LogP contribution < -0.4 is 9.80 Å². The summed E-state index contributed by atoms with van der Waals surface area (Å²) in [6.45, 7) is 8.74. The highest BCUT2D eigenvalue weighted by Gasteiger charge is 2.22. The van der Waals surface area contributed by atoms with E-state index < -0.39 is 0 Å². The van der Waals surface area contributed by atoms with Gasteiger partial charge in [-0.2, -0.15) is 0 Å². The number of fused-ring (bicyclic) bond motifs is 3. The van der Waals surface area contributed by atoms with Crippen molar-refractivity contribution in [1.82, 2.24) is 14.5 Å². The molecule has 0 fully saturated rings. The summed E-state index contributed by atoms with van der Waals surface area (Å²) in [4.78, 5) is 15.0. The van der Waals surface area contributed by atoms with Crippen molar-refractivity contribution >= 4 is 55.9 Å². The van der Waals surface area contributed by atoms with Gasteiger partial charge in [-0.15, -0.1) is 0 Å². The van der Waals surface area contributed by atoms with Gasteiger partial charge >= 0.3 is 0 Å². The molecule has 0 bridgehead atoms. The van der Waals surface area contributed by atoms with Crippen LogP contribution >= 0.6 is 0 Å². The van der Waals surface area contributed by atoms with Crippen molar-refractivity contribution in [3.63, 3.8) is 0 Å². The van der Waals surface area contributed by atoms with Crippen LogP contribution in [0, 0.1) is 27.7 Å². The first-order valence-corrected chi connectivity index (χ1v) is 25.0. The predicted molar refractivity (Wildman–Crippen MR) is 306 cm³/mol. The highest BCUT2D eigenvalue weighted by molar-refractivity contribution is 6.12. The smallest absolute Gasteiger partial charge is 0.160 e. The third kappa shape index (κ3) is 8.51. The van der Waals surface area contributed by atoms with Crippen molar-refractivity contribution in [3.8, 4) is 50.7 Å². The fourth-order valence-electron chi connectivity index (χ4n) is 10.5. The van der Waals surface area contributed by atoms with Crippen molar-refractivity contribution in [1.29, 1.82) is 0 Å². The third-order valence-corrected chi connectivity index (χ3v) is 14.1. The molecule has 0 radical (unpaired) electrons. The molecule has 0 unspecified atom stereocenters. The molecule has 2 aromatic heterocycles. The molecule has 0 aliphatic rings. The minimum absolute atomic E-state index is 0.729. The molecule has 0 saturated heterocycles. The van der Waals surface area contributed by atoms with Crippen molar-refractivity contribution in [3.05, 3.63) is 271 Å². The van der Waals surface area contributed by atoms with E-state index in [-0.39, 0.29) is 0 Å². The molecular weight excluding hydrogens is 887 g/mol. The van der Waals surface area contributed by atoms with Gasteiger partial charge in [0.1, 0.15) is 0 Å². The molecule has 0 aliphatic heterocycles. The summed E-state index contributed by atoms with van der Waals surface area (Å²) in [6.07, 6.45) is 0. The molecular formula is C68H53N5. The second kappa shape index (κ2) is 19.1. The topological polar surface area (TPSA) is 37.2 Å². The van der Waals surface area contributed by atoms with E-state index in [1.165, 1.54) is 33.0 Å². The maximum Gasteiger partial charge on any atom is 0.160 e. The molecule has 5 nitrogen and oxygen atoms in total. The van der Waals surface area contributed by atoms with E-state index in [4.69, 9.17) is 9.97 Å². The minimum Gasteiger partial charge on any atom is -0.310 e. The van der Waals surface area contributed by atoms with E-state index in [2.05, 4.69) is 291 Å². The summed E-state index contributed by atoms with van der Waals surface area (Å²) in [5.41, 5.74) is 22.1. The molecule has 10 aromatic carbocycles. The number of nitrogens with zero attached hydrogens (tertiary/aromatic N) is 5. The molecule has 0 spiro atoms. The van der Waals surface area contributed by atoms with Crippen LogP contribution in [0.15, 0.2) is 249 Å². The maximum atomic E-state index is 5.19. The molecule has 2 heterocycles. The van der Waals surface area contributed by atoms with Crippen LogP contribution in [0.5, 0.6) is 0 Å². The summed E-state index contributed by atoms with van der Waals surface area (Å²) in [7, 11) is 0. The summed E-state index contributed by atoms with van der Waals surface area (Å²) in [6, 6.07) is 89.0. The van der Waals surface area contributed by atoms with E-state index in [0.29, 0.717) is 0 Å².